The predicted molar refractivity (Wildman–Crippen MR) is 203 cm³/mol. The molecule has 0 bridgehead atoms. The Morgan fingerprint density at radius 2 is 1.14 bits per heavy atom. The molecule has 0 heterocycles. The van der Waals surface area contributed by atoms with Crippen molar-refractivity contribution in [1.82, 2.24) is 0 Å². The second kappa shape index (κ2) is 32.6. The fourth-order valence-electron chi connectivity index (χ4n) is 4.57. The molecule has 0 saturated heterocycles. The highest BCUT2D eigenvalue weighted by Crippen LogP contribution is 2.38. The van der Waals surface area contributed by atoms with Crippen LogP contribution in [0, 0.1) is 0 Å². The summed E-state index contributed by atoms with van der Waals surface area (Å²) in [5.74, 6) is -0.912. The second-order valence-corrected chi connectivity index (χ2v) is 15.0. The van der Waals surface area contributed by atoms with Crippen molar-refractivity contribution >= 4 is 19.8 Å². The van der Waals surface area contributed by atoms with Crippen molar-refractivity contribution in [3.63, 3.8) is 0 Å². The molecule has 0 rings (SSSR count). The molecule has 0 saturated carbocycles. The first-order chi connectivity index (χ1) is 24.0. The van der Waals surface area contributed by atoms with Crippen LogP contribution in [0.15, 0.2) is 60.8 Å². The molecule has 0 radical (unpaired) electrons. The van der Waals surface area contributed by atoms with E-state index in [1.54, 1.807) is 0 Å². The number of carbonyl (C=O) groups is 2. The van der Waals surface area contributed by atoms with Gasteiger partial charge in [0, 0.05) is 12.8 Å². The summed E-state index contributed by atoms with van der Waals surface area (Å²) < 4.78 is 33.6. The molecule has 0 spiro atoms. The van der Waals surface area contributed by atoms with Gasteiger partial charge in [-0.15, -0.1) is 0 Å². The topological polar surface area (TPSA) is 111 Å². The first-order valence-electron chi connectivity index (χ1n) is 19.0. The van der Waals surface area contributed by atoms with Crippen molar-refractivity contribution in [1.29, 1.82) is 0 Å². The Labute approximate surface area is 305 Å². The summed E-state index contributed by atoms with van der Waals surface area (Å²) in [4.78, 5) is 37.2. The SMILES string of the molecule is CC/C=C\C/C=C\C/C=C\C/C=C\C/C=C\CCCC(=O)O[C@H](COC(=O)CCCCCCCCCCC)COP(=O)([O-])OCC[N+](C)(C)C. The van der Waals surface area contributed by atoms with E-state index in [0.29, 0.717) is 23.9 Å². The number of rotatable bonds is 33. The molecule has 0 aliphatic heterocycles. The Kier molecular flexibility index (Phi) is 31.1. The van der Waals surface area contributed by atoms with Gasteiger partial charge in [-0.1, -0.05) is 126 Å². The third-order valence-corrected chi connectivity index (χ3v) is 8.52. The zero-order valence-electron chi connectivity index (χ0n) is 32.1. The second-order valence-electron chi connectivity index (χ2n) is 13.6. The highest BCUT2D eigenvalue weighted by molar-refractivity contribution is 7.45. The normalized spacial score (nSPS) is 14.4. The first kappa shape index (κ1) is 47.7. The van der Waals surface area contributed by atoms with E-state index >= 15 is 0 Å². The smallest absolute Gasteiger partial charge is 0.306 e. The Bertz CT molecular complexity index is 1040. The number of ether oxygens (including phenoxy) is 2. The van der Waals surface area contributed by atoms with Crippen LogP contribution in [0.4, 0.5) is 0 Å². The lowest BCUT2D eigenvalue weighted by molar-refractivity contribution is -0.870. The van der Waals surface area contributed by atoms with Crippen molar-refractivity contribution in [2.24, 2.45) is 0 Å². The number of likely N-dealkylation sites (N-methyl/N-ethyl adjacent to an activating group) is 1. The molecule has 0 N–H and O–H groups in total. The summed E-state index contributed by atoms with van der Waals surface area (Å²) >= 11 is 0. The number of nitrogens with zero attached hydrogens (tertiary/aromatic N) is 1. The number of esters is 2. The van der Waals surface area contributed by atoms with Gasteiger partial charge in [-0.3, -0.25) is 14.2 Å². The summed E-state index contributed by atoms with van der Waals surface area (Å²) in [6.45, 7) is 3.99. The molecule has 0 aromatic rings. The van der Waals surface area contributed by atoms with Crippen LogP contribution in [-0.4, -0.2) is 70.0 Å². The lowest BCUT2D eigenvalue weighted by atomic mass is 10.1. The van der Waals surface area contributed by atoms with E-state index in [2.05, 4.69) is 68.5 Å². The van der Waals surface area contributed by atoms with E-state index in [4.69, 9.17) is 18.5 Å². The van der Waals surface area contributed by atoms with Crippen LogP contribution in [0.5, 0.6) is 0 Å². The van der Waals surface area contributed by atoms with Gasteiger partial charge in [0.2, 0.25) is 0 Å². The number of carbonyl (C=O) groups excluding carboxylic acids is 2. The Morgan fingerprint density at radius 1 is 0.640 bits per heavy atom. The molecule has 0 aliphatic carbocycles. The van der Waals surface area contributed by atoms with Crippen molar-refractivity contribution in [3.05, 3.63) is 60.8 Å². The summed E-state index contributed by atoms with van der Waals surface area (Å²) in [7, 11) is 1.12. The third kappa shape index (κ3) is 35.5. The van der Waals surface area contributed by atoms with Crippen molar-refractivity contribution in [2.75, 3.05) is 47.5 Å². The summed E-state index contributed by atoms with van der Waals surface area (Å²) in [6.07, 6.45) is 36.9. The zero-order valence-corrected chi connectivity index (χ0v) is 33.0. The maximum Gasteiger partial charge on any atom is 0.306 e. The molecule has 0 aromatic carbocycles. The minimum absolute atomic E-state index is 0.0434. The van der Waals surface area contributed by atoms with Crippen molar-refractivity contribution in [3.8, 4) is 0 Å². The van der Waals surface area contributed by atoms with Gasteiger partial charge in [0.1, 0.15) is 19.8 Å². The van der Waals surface area contributed by atoms with E-state index in [1.807, 2.05) is 27.2 Å². The quantitative estimate of drug-likeness (QED) is 0.0217. The molecule has 288 valence electrons. The summed E-state index contributed by atoms with van der Waals surface area (Å²) in [6, 6.07) is 0. The molecular formula is C40H70NO8P. The molecule has 2 atom stereocenters. The highest BCUT2D eigenvalue weighted by Gasteiger charge is 2.21. The average molecular weight is 724 g/mol. The van der Waals surface area contributed by atoms with E-state index in [1.165, 1.54) is 38.5 Å². The van der Waals surface area contributed by atoms with Gasteiger partial charge in [0.05, 0.1) is 27.7 Å². The maximum absolute atomic E-state index is 12.6. The number of unbranched alkanes of at least 4 members (excludes halogenated alkanes) is 9. The van der Waals surface area contributed by atoms with Crippen LogP contribution in [0.2, 0.25) is 0 Å². The van der Waals surface area contributed by atoms with Gasteiger partial charge in [-0.05, 0) is 51.4 Å². The lowest BCUT2D eigenvalue weighted by Gasteiger charge is -2.28. The van der Waals surface area contributed by atoms with Crippen LogP contribution in [0.1, 0.15) is 129 Å². The number of hydrogen-bond acceptors (Lipinski definition) is 8. The molecule has 0 aromatic heterocycles. The number of phosphoric ester groups is 1. The summed E-state index contributed by atoms with van der Waals surface area (Å²) in [5.41, 5.74) is 0. The van der Waals surface area contributed by atoms with Crippen molar-refractivity contribution in [2.45, 2.75) is 136 Å². The molecule has 10 heteroatoms. The molecule has 0 aliphatic rings. The largest absolute Gasteiger partial charge is 0.756 e. The van der Waals surface area contributed by atoms with E-state index < -0.39 is 32.5 Å². The predicted octanol–water partition coefficient (Wildman–Crippen LogP) is 9.49. The molecule has 0 fully saturated rings. The van der Waals surface area contributed by atoms with Gasteiger partial charge in [-0.2, -0.15) is 0 Å². The van der Waals surface area contributed by atoms with Gasteiger partial charge < -0.3 is 27.9 Å². The molecular weight excluding hydrogens is 653 g/mol. The van der Waals surface area contributed by atoms with E-state index in [-0.39, 0.29) is 26.1 Å². The zero-order chi connectivity index (χ0) is 37.2. The lowest BCUT2D eigenvalue weighted by Crippen LogP contribution is -2.37. The first-order valence-corrected chi connectivity index (χ1v) is 20.5. The number of quaternary nitrogens is 1. The van der Waals surface area contributed by atoms with E-state index in [0.717, 1.165) is 51.4 Å². The van der Waals surface area contributed by atoms with Crippen LogP contribution < -0.4 is 4.89 Å². The van der Waals surface area contributed by atoms with Crippen molar-refractivity contribution < 1.29 is 42.1 Å². The molecule has 0 amide bonds. The van der Waals surface area contributed by atoms with E-state index in [9.17, 15) is 19.0 Å². The monoisotopic (exact) mass is 723 g/mol. The minimum atomic E-state index is -4.63. The standard InChI is InChI=1S/C40H70NO8P/c1-6-8-10-12-14-16-17-18-19-20-21-22-23-25-27-29-31-33-40(43)49-38(37-48-50(44,45)47-35-34-41(3,4)5)36-46-39(42)32-30-28-26-24-15-13-11-9-7-2/h8,10,14,16,18-19,21-22,25,27,38H,6-7,9,11-13,15,17,20,23-24,26,28-37H2,1-5H3/b10-8-,16-14-,19-18-,22-21-,27-25-/t38-/m1/s1. The Hall–Kier alpha value is -2.29. The van der Waals surface area contributed by atoms with Gasteiger partial charge in [-0.25, -0.2) is 0 Å². The third-order valence-electron chi connectivity index (χ3n) is 7.55. The van der Waals surface area contributed by atoms with Crippen LogP contribution in [0.3, 0.4) is 0 Å². The van der Waals surface area contributed by atoms with Crippen LogP contribution >= 0.6 is 7.82 Å². The van der Waals surface area contributed by atoms with Crippen LogP contribution in [-0.2, 0) is 32.7 Å². The Morgan fingerprint density at radius 3 is 1.68 bits per heavy atom. The number of allylic oxidation sites excluding steroid dienone is 10. The maximum atomic E-state index is 12.6. The van der Waals surface area contributed by atoms with Gasteiger partial charge in [0.25, 0.3) is 7.82 Å². The summed E-state index contributed by atoms with van der Waals surface area (Å²) in [5, 5.41) is 0. The molecule has 50 heavy (non-hydrogen) atoms. The van der Waals surface area contributed by atoms with Crippen LogP contribution in [0.25, 0.3) is 0 Å². The number of hydrogen-bond donors (Lipinski definition) is 0. The molecule has 9 nitrogen and oxygen atoms in total. The Balaban J connectivity index is 4.55. The highest BCUT2D eigenvalue weighted by atomic mass is 31.2. The minimum Gasteiger partial charge on any atom is -0.756 e. The van der Waals surface area contributed by atoms with Gasteiger partial charge >= 0.3 is 11.9 Å². The fraction of sp³-hybridized carbons (Fsp3) is 0.700. The number of phosphoric acid groups is 1. The van der Waals surface area contributed by atoms with Gasteiger partial charge in [0.15, 0.2) is 6.10 Å². The molecule has 1 unspecified atom stereocenters. The average Bonchev–Trinajstić information content (AvgIpc) is 3.06. The fourth-order valence-corrected chi connectivity index (χ4v) is 5.30.